The second-order valence-electron chi connectivity index (χ2n) is 6.93. The Morgan fingerprint density at radius 1 is 1.30 bits per heavy atom. The Morgan fingerprint density at radius 2 is 2.03 bits per heavy atom. The van der Waals surface area contributed by atoms with Gasteiger partial charge in [0, 0.05) is 33.3 Å². The molecule has 0 aromatic heterocycles. The van der Waals surface area contributed by atoms with Crippen LogP contribution in [0.25, 0.3) is 0 Å². The van der Waals surface area contributed by atoms with Crippen molar-refractivity contribution in [1.29, 1.82) is 0 Å². The molecule has 0 saturated carbocycles. The van der Waals surface area contributed by atoms with Gasteiger partial charge in [-0.25, -0.2) is 9.18 Å². The van der Waals surface area contributed by atoms with Gasteiger partial charge in [0.15, 0.2) is 0 Å². The van der Waals surface area contributed by atoms with Gasteiger partial charge >= 0.3 is 6.09 Å². The third-order valence-corrected chi connectivity index (χ3v) is 5.33. The number of rotatable bonds is 6. The minimum absolute atomic E-state index is 0.0444. The van der Waals surface area contributed by atoms with E-state index in [0.717, 1.165) is 0 Å². The van der Waals surface area contributed by atoms with E-state index in [1.165, 1.54) is 25.2 Å². The largest absolute Gasteiger partial charge is 0.474 e. The lowest BCUT2D eigenvalue weighted by molar-refractivity contribution is -0.135. The summed E-state index contributed by atoms with van der Waals surface area (Å²) in [6, 6.07) is 4.67. The minimum Gasteiger partial charge on any atom is -0.474 e. The van der Waals surface area contributed by atoms with Crippen LogP contribution in [0.3, 0.4) is 0 Å². The fourth-order valence-corrected chi connectivity index (χ4v) is 3.52. The highest BCUT2D eigenvalue weighted by molar-refractivity contribution is 7.80. The molecule has 2 aliphatic rings. The first-order valence-electron chi connectivity index (χ1n) is 9.54. The molecule has 164 valence electrons. The topological polar surface area (TPSA) is 83.6 Å². The van der Waals surface area contributed by atoms with Crippen molar-refractivity contribution in [2.24, 2.45) is 0 Å². The van der Waals surface area contributed by atoms with Crippen molar-refractivity contribution in [3.63, 3.8) is 0 Å². The highest BCUT2D eigenvalue weighted by Gasteiger charge is 2.33. The molecule has 1 aromatic carbocycles. The lowest BCUT2D eigenvalue weighted by atomic mass is 10.2. The number of hydrogen-bond donors (Lipinski definition) is 1. The van der Waals surface area contributed by atoms with Gasteiger partial charge in [0.25, 0.3) is 5.17 Å². The Morgan fingerprint density at radius 3 is 2.67 bits per heavy atom. The Balaban J connectivity index is 1.60. The Bertz CT molecular complexity index is 803. The van der Waals surface area contributed by atoms with Gasteiger partial charge in [-0.3, -0.25) is 9.69 Å². The van der Waals surface area contributed by atoms with E-state index in [1.807, 2.05) is 4.90 Å². The number of methoxy groups -OCH3 is 2. The number of nitrogens with zero attached hydrogens (tertiary/aromatic N) is 3. The Kier molecular flexibility index (Phi) is 7.27. The number of piperazine rings is 1. The molecule has 2 heterocycles. The third kappa shape index (κ3) is 5.08. The summed E-state index contributed by atoms with van der Waals surface area (Å²) in [5.41, 5.74) is 0.862. The van der Waals surface area contributed by atoms with E-state index < -0.39 is 18.0 Å². The van der Waals surface area contributed by atoms with Gasteiger partial charge in [0.05, 0.1) is 31.6 Å². The zero-order chi connectivity index (χ0) is 21.7. The highest BCUT2D eigenvalue weighted by Crippen LogP contribution is 2.28. The normalized spacial score (nSPS) is 19.0. The van der Waals surface area contributed by atoms with Crippen LogP contribution >= 0.6 is 12.2 Å². The molecule has 2 aliphatic heterocycles. The van der Waals surface area contributed by atoms with Crippen molar-refractivity contribution < 1.29 is 28.2 Å². The van der Waals surface area contributed by atoms with Gasteiger partial charge in [-0.2, -0.15) is 0 Å². The monoisotopic (exact) mass is 440 g/mol. The molecule has 0 spiro atoms. The summed E-state index contributed by atoms with van der Waals surface area (Å²) in [4.78, 5) is 29.1. The first-order chi connectivity index (χ1) is 14.4. The molecular weight excluding hydrogens is 415 g/mol. The van der Waals surface area contributed by atoms with Crippen LogP contribution in [0.2, 0.25) is 0 Å². The van der Waals surface area contributed by atoms with Crippen molar-refractivity contribution in [2.75, 3.05) is 69.9 Å². The third-order valence-electron chi connectivity index (χ3n) is 5.02. The number of benzene rings is 1. The second kappa shape index (κ2) is 9.90. The van der Waals surface area contributed by atoms with Gasteiger partial charge < -0.3 is 29.3 Å². The van der Waals surface area contributed by atoms with Crippen molar-refractivity contribution >= 4 is 40.8 Å². The predicted molar refractivity (Wildman–Crippen MR) is 112 cm³/mol. The zero-order valence-electron chi connectivity index (χ0n) is 16.9. The molecule has 1 atom stereocenters. The number of nitrogens with one attached hydrogen (secondary N) is 1. The molecule has 1 aromatic rings. The average Bonchev–Trinajstić information content (AvgIpc) is 3.12. The lowest BCUT2D eigenvalue weighted by Gasteiger charge is -2.36. The summed E-state index contributed by atoms with van der Waals surface area (Å²) < 4.78 is 29.8. The van der Waals surface area contributed by atoms with E-state index in [9.17, 15) is 14.0 Å². The number of thiocarbonyl (C=S) groups is 1. The standard InChI is InChI=1S/C19H25FN4O5S/c1-27-12-17(25)23-7-5-22(6-8-23)16-4-3-13(9-15(16)20)24-11-14(29-19(24)26)10-21-18(30)28-2/h3-4,9,14H,5-8,10-12H2,1-2H3,(H,21,30). The maximum absolute atomic E-state index is 14.8. The van der Waals surface area contributed by atoms with Gasteiger partial charge in [-0.15, -0.1) is 0 Å². The van der Waals surface area contributed by atoms with E-state index >= 15 is 0 Å². The Hall–Kier alpha value is -2.66. The van der Waals surface area contributed by atoms with Crippen LogP contribution in [0.4, 0.5) is 20.6 Å². The molecule has 3 rings (SSSR count). The molecule has 30 heavy (non-hydrogen) atoms. The summed E-state index contributed by atoms with van der Waals surface area (Å²) in [6.45, 7) is 2.66. The quantitative estimate of drug-likeness (QED) is 0.656. The molecule has 11 heteroatoms. The maximum atomic E-state index is 14.8. The van der Waals surface area contributed by atoms with Crippen LogP contribution < -0.4 is 15.1 Å². The molecule has 2 saturated heterocycles. The van der Waals surface area contributed by atoms with E-state index in [-0.39, 0.29) is 24.2 Å². The first-order valence-corrected chi connectivity index (χ1v) is 9.95. The molecule has 1 N–H and O–H groups in total. The van der Waals surface area contributed by atoms with Crippen molar-refractivity contribution in [1.82, 2.24) is 10.2 Å². The highest BCUT2D eigenvalue weighted by atomic mass is 32.1. The number of amides is 2. The predicted octanol–water partition coefficient (Wildman–Crippen LogP) is 0.967. The van der Waals surface area contributed by atoms with Gasteiger partial charge in [0.2, 0.25) is 5.91 Å². The first kappa shape index (κ1) is 22.0. The summed E-state index contributed by atoms with van der Waals surface area (Å²) >= 11 is 4.90. The number of ether oxygens (including phenoxy) is 3. The van der Waals surface area contributed by atoms with Gasteiger partial charge in [-0.1, -0.05) is 0 Å². The van der Waals surface area contributed by atoms with E-state index in [1.54, 1.807) is 17.0 Å². The zero-order valence-corrected chi connectivity index (χ0v) is 17.7. The summed E-state index contributed by atoms with van der Waals surface area (Å²) in [7, 11) is 2.93. The number of carbonyl (C=O) groups excluding carboxylic acids is 2. The molecule has 9 nitrogen and oxygen atoms in total. The molecule has 0 aliphatic carbocycles. The lowest BCUT2D eigenvalue weighted by Crippen LogP contribution is -2.50. The van der Waals surface area contributed by atoms with Crippen LogP contribution in [0, 0.1) is 5.82 Å². The van der Waals surface area contributed by atoms with Crippen molar-refractivity contribution in [2.45, 2.75) is 6.10 Å². The second-order valence-corrected chi connectivity index (χ2v) is 7.30. The molecular formula is C19H25FN4O5S. The number of cyclic esters (lactones) is 1. The van der Waals surface area contributed by atoms with E-state index in [4.69, 9.17) is 26.4 Å². The molecule has 1 unspecified atom stereocenters. The molecule has 0 bridgehead atoms. The SMILES string of the molecule is COCC(=O)N1CCN(c2ccc(N3CC(CNC(=S)OC)OC3=O)cc2F)CC1. The number of halogens is 1. The van der Waals surface area contributed by atoms with Crippen LogP contribution in [0.5, 0.6) is 0 Å². The van der Waals surface area contributed by atoms with E-state index in [0.29, 0.717) is 44.1 Å². The van der Waals surface area contributed by atoms with Gasteiger partial charge in [0.1, 0.15) is 18.5 Å². The van der Waals surface area contributed by atoms with Crippen molar-refractivity contribution in [3.05, 3.63) is 24.0 Å². The summed E-state index contributed by atoms with van der Waals surface area (Å²) in [6.07, 6.45) is -0.964. The summed E-state index contributed by atoms with van der Waals surface area (Å²) in [5, 5.41) is 3.05. The minimum atomic E-state index is -0.539. The number of carbonyl (C=O) groups is 2. The maximum Gasteiger partial charge on any atom is 0.414 e. The molecule has 0 radical (unpaired) electrons. The fraction of sp³-hybridized carbons (Fsp3) is 0.526. The molecule has 2 fully saturated rings. The average molecular weight is 440 g/mol. The molecule has 2 amide bonds. The van der Waals surface area contributed by atoms with Crippen LogP contribution in [0.15, 0.2) is 18.2 Å². The van der Waals surface area contributed by atoms with E-state index in [2.05, 4.69) is 5.32 Å². The number of hydrogen-bond acceptors (Lipinski definition) is 7. The van der Waals surface area contributed by atoms with Gasteiger partial charge in [-0.05, 0) is 30.4 Å². The van der Waals surface area contributed by atoms with Crippen molar-refractivity contribution in [3.8, 4) is 0 Å². The smallest absolute Gasteiger partial charge is 0.414 e. The fourth-order valence-electron chi connectivity index (χ4n) is 3.44. The number of anilines is 2. The van der Waals surface area contributed by atoms with Crippen LogP contribution in [0.1, 0.15) is 0 Å². The summed E-state index contributed by atoms with van der Waals surface area (Å²) in [5.74, 6) is -0.505. The van der Waals surface area contributed by atoms with Crippen LogP contribution in [-0.2, 0) is 19.0 Å². The van der Waals surface area contributed by atoms with Crippen LogP contribution in [-0.4, -0.2) is 88.3 Å². The Labute approximate surface area is 179 Å².